The van der Waals surface area contributed by atoms with Crippen molar-refractivity contribution in [3.05, 3.63) is 35.7 Å². The first kappa shape index (κ1) is 28.3. The number of rotatable bonds is 11. The maximum Gasteiger partial charge on any atom is 0.408 e. The summed E-state index contributed by atoms with van der Waals surface area (Å²) in [6, 6.07) is 6.85. The summed E-state index contributed by atoms with van der Waals surface area (Å²) in [5.74, 6) is 1.29. The molecule has 2 aromatic rings. The lowest BCUT2D eigenvalue weighted by Gasteiger charge is -2.30. The fourth-order valence-electron chi connectivity index (χ4n) is 4.17. The second-order valence-electron chi connectivity index (χ2n) is 10.9. The van der Waals surface area contributed by atoms with Gasteiger partial charge in [0.2, 0.25) is 0 Å². The maximum absolute atomic E-state index is 12.0. The van der Waals surface area contributed by atoms with E-state index in [4.69, 9.17) is 14.0 Å². The molecule has 1 saturated heterocycles. The quantitative estimate of drug-likeness (QED) is 0.405. The number of aromatic nitrogens is 2. The van der Waals surface area contributed by atoms with Gasteiger partial charge in [0.1, 0.15) is 17.4 Å². The first-order chi connectivity index (χ1) is 17.5. The van der Waals surface area contributed by atoms with E-state index in [1.807, 2.05) is 24.3 Å². The normalized spacial score (nSPS) is 15.5. The average molecular weight is 517 g/mol. The summed E-state index contributed by atoms with van der Waals surface area (Å²) in [5.41, 5.74) is 0.0837. The minimum Gasteiger partial charge on any atom is -0.494 e. The summed E-state index contributed by atoms with van der Waals surface area (Å²) in [4.78, 5) is 30.2. The smallest absolute Gasteiger partial charge is 0.408 e. The van der Waals surface area contributed by atoms with Crippen LogP contribution in [0.4, 0.5) is 10.8 Å². The molecule has 1 aromatic heterocycles. The molecule has 1 aliphatic rings. The zero-order valence-corrected chi connectivity index (χ0v) is 22.5. The van der Waals surface area contributed by atoms with Gasteiger partial charge in [0.25, 0.3) is 0 Å². The minimum atomic E-state index is -1.12. The number of hydrogen-bond donors (Lipinski definition) is 2. The van der Waals surface area contributed by atoms with Crippen LogP contribution in [0.1, 0.15) is 77.6 Å². The molecule has 0 aliphatic carbocycles. The molecule has 1 atom stereocenters. The number of nitrogens with one attached hydrogen (secondary N) is 1. The summed E-state index contributed by atoms with van der Waals surface area (Å²) >= 11 is 0. The Morgan fingerprint density at radius 3 is 2.43 bits per heavy atom. The molecule has 37 heavy (non-hydrogen) atoms. The van der Waals surface area contributed by atoms with E-state index in [9.17, 15) is 14.7 Å². The third kappa shape index (κ3) is 9.26. The molecule has 204 valence electrons. The highest BCUT2D eigenvalue weighted by Gasteiger charge is 2.25. The standard InChI is InChI=1S/C27H40N4O6/c1-18(2)23-29-25(37-30-23)31-14-12-19(13-15-31)7-6-16-35-21-10-8-20(9-11-21)17-22(24(32)33)28-26(34)36-27(3,4)5/h8-11,18-19,22H,6-7,12-17H2,1-5H3,(H,28,34)(H,32,33). The summed E-state index contributed by atoms with van der Waals surface area (Å²) in [6.07, 6.45) is 3.65. The van der Waals surface area contributed by atoms with Gasteiger partial charge in [0, 0.05) is 25.4 Å². The molecular formula is C27H40N4O6. The Labute approximate surface area is 218 Å². The molecule has 1 aliphatic heterocycles. The van der Waals surface area contributed by atoms with Gasteiger partial charge in [-0.1, -0.05) is 31.1 Å². The Hall–Kier alpha value is -3.30. The summed E-state index contributed by atoms with van der Waals surface area (Å²) in [5, 5.41) is 15.9. The summed E-state index contributed by atoms with van der Waals surface area (Å²) < 4.78 is 16.5. The van der Waals surface area contributed by atoms with Crippen molar-refractivity contribution in [2.75, 3.05) is 24.6 Å². The van der Waals surface area contributed by atoms with Crippen LogP contribution < -0.4 is 15.0 Å². The second-order valence-corrected chi connectivity index (χ2v) is 10.9. The Morgan fingerprint density at radius 2 is 1.86 bits per heavy atom. The van der Waals surface area contributed by atoms with Crippen LogP contribution in [0, 0.1) is 5.92 Å². The lowest BCUT2D eigenvalue weighted by Crippen LogP contribution is -2.44. The van der Waals surface area contributed by atoms with Crippen LogP contribution in [0.15, 0.2) is 28.8 Å². The van der Waals surface area contributed by atoms with Crippen LogP contribution in [-0.2, 0) is 16.0 Å². The fourth-order valence-corrected chi connectivity index (χ4v) is 4.17. The predicted molar refractivity (Wildman–Crippen MR) is 139 cm³/mol. The van der Waals surface area contributed by atoms with E-state index < -0.39 is 23.7 Å². The summed E-state index contributed by atoms with van der Waals surface area (Å²) in [6.45, 7) is 11.8. The number of piperidine rings is 1. The Balaban J connectivity index is 1.36. The summed E-state index contributed by atoms with van der Waals surface area (Å²) in [7, 11) is 0. The minimum absolute atomic E-state index is 0.149. The van der Waals surface area contributed by atoms with Crippen molar-refractivity contribution in [2.45, 2.75) is 84.3 Å². The molecular weight excluding hydrogens is 476 g/mol. The van der Waals surface area contributed by atoms with Gasteiger partial charge in [-0.15, -0.1) is 0 Å². The number of carboxylic acid groups (broad SMARTS) is 1. The van der Waals surface area contributed by atoms with Gasteiger partial charge in [-0.25, -0.2) is 9.59 Å². The van der Waals surface area contributed by atoms with Crippen molar-refractivity contribution >= 4 is 18.1 Å². The van der Waals surface area contributed by atoms with Crippen LogP contribution >= 0.6 is 0 Å². The van der Waals surface area contributed by atoms with E-state index in [0.29, 0.717) is 18.5 Å². The van der Waals surface area contributed by atoms with Crippen LogP contribution in [0.3, 0.4) is 0 Å². The number of ether oxygens (including phenoxy) is 2. The topological polar surface area (TPSA) is 127 Å². The largest absolute Gasteiger partial charge is 0.494 e. The molecule has 3 rings (SSSR count). The van der Waals surface area contributed by atoms with Crippen molar-refractivity contribution in [3.63, 3.8) is 0 Å². The van der Waals surface area contributed by atoms with E-state index in [1.54, 1.807) is 20.8 Å². The van der Waals surface area contributed by atoms with E-state index in [1.165, 1.54) is 0 Å². The third-order valence-corrected chi connectivity index (χ3v) is 6.21. The predicted octanol–water partition coefficient (Wildman–Crippen LogP) is 4.79. The third-order valence-electron chi connectivity index (χ3n) is 6.21. The Morgan fingerprint density at radius 1 is 1.19 bits per heavy atom. The zero-order valence-electron chi connectivity index (χ0n) is 22.5. The van der Waals surface area contributed by atoms with Crippen molar-refractivity contribution in [1.82, 2.24) is 15.5 Å². The monoisotopic (exact) mass is 516 g/mol. The number of nitrogens with zero attached hydrogens (tertiary/aromatic N) is 3. The highest BCUT2D eigenvalue weighted by Crippen LogP contribution is 2.26. The van der Waals surface area contributed by atoms with Crippen molar-refractivity contribution in [3.8, 4) is 5.75 Å². The average Bonchev–Trinajstić information content (AvgIpc) is 3.32. The van der Waals surface area contributed by atoms with Crippen LogP contribution in [0.2, 0.25) is 0 Å². The molecule has 0 spiro atoms. The van der Waals surface area contributed by atoms with E-state index >= 15 is 0 Å². The molecule has 1 unspecified atom stereocenters. The molecule has 2 heterocycles. The van der Waals surface area contributed by atoms with Gasteiger partial charge in [0.15, 0.2) is 5.82 Å². The lowest BCUT2D eigenvalue weighted by molar-refractivity contribution is -0.139. The molecule has 10 nitrogen and oxygen atoms in total. The van der Waals surface area contributed by atoms with Crippen molar-refractivity contribution in [2.24, 2.45) is 5.92 Å². The lowest BCUT2D eigenvalue weighted by atomic mass is 9.92. The molecule has 1 fully saturated rings. The molecule has 0 bridgehead atoms. The molecule has 0 radical (unpaired) electrons. The Bertz CT molecular complexity index is 1010. The highest BCUT2D eigenvalue weighted by molar-refractivity contribution is 5.80. The Kier molecular flexibility index (Phi) is 9.77. The highest BCUT2D eigenvalue weighted by atomic mass is 16.6. The first-order valence-electron chi connectivity index (χ1n) is 13.0. The van der Waals surface area contributed by atoms with Gasteiger partial charge < -0.3 is 29.3 Å². The molecule has 0 saturated carbocycles. The number of carbonyl (C=O) groups excluding carboxylic acids is 1. The molecule has 1 amide bonds. The van der Waals surface area contributed by atoms with E-state index in [2.05, 4.69) is 34.2 Å². The molecule has 10 heteroatoms. The number of aliphatic carboxylic acids is 1. The first-order valence-corrected chi connectivity index (χ1v) is 13.0. The van der Waals surface area contributed by atoms with Gasteiger partial charge >= 0.3 is 18.1 Å². The number of alkyl carbamates (subject to hydrolysis) is 1. The second kappa shape index (κ2) is 12.8. The van der Waals surface area contributed by atoms with Crippen LogP contribution in [-0.4, -0.2) is 58.6 Å². The number of carbonyl (C=O) groups is 2. The fraction of sp³-hybridized carbons (Fsp3) is 0.630. The van der Waals surface area contributed by atoms with Gasteiger partial charge in [-0.3, -0.25) is 0 Å². The molecule has 1 aromatic carbocycles. The number of anilines is 1. The van der Waals surface area contributed by atoms with Crippen molar-refractivity contribution < 1.29 is 28.7 Å². The van der Waals surface area contributed by atoms with Gasteiger partial charge in [-0.2, -0.15) is 4.98 Å². The van der Waals surface area contributed by atoms with E-state index in [-0.39, 0.29) is 12.3 Å². The van der Waals surface area contributed by atoms with Gasteiger partial charge in [0.05, 0.1) is 6.61 Å². The van der Waals surface area contributed by atoms with Crippen LogP contribution in [0.25, 0.3) is 0 Å². The number of amides is 1. The number of hydrogen-bond acceptors (Lipinski definition) is 8. The van der Waals surface area contributed by atoms with E-state index in [0.717, 1.165) is 55.9 Å². The zero-order chi connectivity index (χ0) is 27.0. The van der Waals surface area contributed by atoms with Gasteiger partial charge in [-0.05, 0) is 70.1 Å². The number of carboxylic acids is 1. The van der Waals surface area contributed by atoms with Crippen LogP contribution in [0.5, 0.6) is 5.75 Å². The number of benzene rings is 1. The van der Waals surface area contributed by atoms with Crippen molar-refractivity contribution in [1.29, 1.82) is 0 Å². The maximum atomic E-state index is 12.0. The molecule has 2 N–H and O–H groups in total. The SMILES string of the molecule is CC(C)c1noc(N2CCC(CCCOc3ccc(CC(NC(=O)OC(C)(C)C)C(=O)O)cc3)CC2)n1.